The maximum atomic E-state index is 12.9. The van der Waals surface area contributed by atoms with Crippen LogP contribution in [0.1, 0.15) is 44.6 Å². The Labute approximate surface area is 143 Å². The molecule has 4 nitrogen and oxygen atoms in total. The van der Waals surface area contributed by atoms with E-state index in [1.807, 2.05) is 13.0 Å². The molecule has 126 valence electrons. The summed E-state index contributed by atoms with van der Waals surface area (Å²) in [6.07, 6.45) is 5.76. The molecule has 1 fully saturated rings. The van der Waals surface area contributed by atoms with Gasteiger partial charge in [-0.15, -0.1) is 0 Å². The predicted molar refractivity (Wildman–Crippen MR) is 95.0 cm³/mol. The van der Waals surface area contributed by atoms with Crippen molar-refractivity contribution in [1.82, 2.24) is 4.72 Å². The molecule has 0 bridgehead atoms. The molecule has 0 spiro atoms. The molecule has 5 heteroatoms. The third-order valence-corrected chi connectivity index (χ3v) is 6.61. The zero-order chi connectivity index (χ0) is 17.2. The van der Waals surface area contributed by atoms with Crippen molar-refractivity contribution in [2.75, 3.05) is 0 Å². The molecule has 1 aliphatic carbocycles. The summed E-state index contributed by atoms with van der Waals surface area (Å²) >= 11 is 0. The van der Waals surface area contributed by atoms with E-state index in [0.29, 0.717) is 22.3 Å². The fourth-order valence-electron chi connectivity index (χ4n) is 3.64. The van der Waals surface area contributed by atoms with E-state index in [0.717, 1.165) is 12.8 Å². The third-order valence-electron chi connectivity index (χ3n) is 4.99. The van der Waals surface area contributed by atoms with E-state index in [4.69, 9.17) is 0 Å². The molecule has 0 saturated heterocycles. The van der Waals surface area contributed by atoms with Crippen molar-refractivity contribution in [3.63, 3.8) is 0 Å². The van der Waals surface area contributed by atoms with Gasteiger partial charge in [0.15, 0.2) is 0 Å². The Hall–Kier alpha value is -1.90. The molecule has 0 heterocycles. The van der Waals surface area contributed by atoms with Gasteiger partial charge < -0.3 is 0 Å². The van der Waals surface area contributed by atoms with Gasteiger partial charge in [-0.2, -0.15) is 5.26 Å². The van der Waals surface area contributed by atoms with Gasteiger partial charge in [-0.25, -0.2) is 13.1 Å². The van der Waals surface area contributed by atoms with Gasteiger partial charge in [-0.1, -0.05) is 43.5 Å². The first kappa shape index (κ1) is 16.9. The highest BCUT2D eigenvalue weighted by Crippen LogP contribution is 2.29. The summed E-state index contributed by atoms with van der Waals surface area (Å²) in [5.41, 5.74) is 0.491. The summed E-state index contributed by atoms with van der Waals surface area (Å²) in [7, 11) is -3.62. The number of fused-ring (bicyclic) bond motifs is 1. The van der Waals surface area contributed by atoms with Crippen LogP contribution < -0.4 is 4.72 Å². The van der Waals surface area contributed by atoms with Crippen LogP contribution in [0.15, 0.2) is 41.3 Å². The second-order valence-corrected chi connectivity index (χ2v) is 8.26. The second kappa shape index (κ2) is 6.92. The van der Waals surface area contributed by atoms with Crippen molar-refractivity contribution in [2.24, 2.45) is 5.92 Å². The third kappa shape index (κ3) is 3.31. The summed E-state index contributed by atoms with van der Waals surface area (Å²) in [5.74, 6) is 0.401. The van der Waals surface area contributed by atoms with Crippen LogP contribution in [0.4, 0.5) is 0 Å². The number of nitriles is 1. The van der Waals surface area contributed by atoms with Crippen LogP contribution >= 0.6 is 0 Å². The van der Waals surface area contributed by atoms with E-state index < -0.39 is 10.0 Å². The standard InChI is InChI=1S/C19H22N2O2S/c1-14(15-7-3-2-4-8-15)21-24(22,23)19-12-11-16(13-20)17-9-5-6-10-18(17)19/h5-6,9-12,14-15,21H,2-4,7-8H2,1H3. The first-order valence-electron chi connectivity index (χ1n) is 8.47. The molecular weight excluding hydrogens is 320 g/mol. The Morgan fingerprint density at radius 2 is 1.75 bits per heavy atom. The van der Waals surface area contributed by atoms with Gasteiger partial charge in [-0.3, -0.25) is 0 Å². The highest BCUT2D eigenvalue weighted by Gasteiger charge is 2.26. The number of nitrogens with one attached hydrogen (secondary N) is 1. The normalized spacial score (nSPS) is 17.5. The number of nitrogens with zero attached hydrogens (tertiary/aromatic N) is 1. The van der Waals surface area contributed by atoms with Crippen molar-refractivity contribution >= 4 is 20.8 Å². The molecule has 1 unspecified atom stereocenters. The number of sulfonamides is 1. The Kier molecular flexibility index (Phi) is 4.88. The summed E-state index contributed by atoms with van der Waals surface area (Å²) in [6.45, 7) is 1.96. The smallest absolute Gasteiger partial charge is 0.208 e. The number of hydrogen-bond acceptors (Lipinski definition) is 3. The average Bonchev–Trinajstić information content (AvgIpc) is 2.61. The van der Waals surface area contributed by atoms with Crippen molar-refractivity contribution in [2.45, 2.75) is 50.0 Å². The molecule has 2 aromatic carbocycles. The van der Waals surface area contributed by atoms with Crippen LogP contribution in [0.5, 0.6) is 0 Å². The summed E-state index contributed by atoms with van der Waals surface area (Å²) in [4.78, 5) is 0.250. The molecular formula is C19H22N2O2S. The van der Waals surface area contributed by atoms with Crippen LogP contribution in [0.3, 0.4) is 0 Å². The van der Waals surface area contributed by atoms with E-state index in [2.05, 4.69) is 10.8 Å². The Balaban J connectivity index is 1.95. The van der Waals surface area contributed by atoms with Gasteiger partial charge in [0.05, 0.1) is 16.5 Å². The first-order chi connectivity index (χ1) is 11.5. The lowest BCUT2D eigenvalue weighted by Gasteiger charge is -2.28. The van der Waals surface area contributed by atoms with Crippen LogP contribution in [0, 0.1) is 17.2 Å². The zero-order valence-corrected chi connectivity index (χ0v) is 14.6. The lowest BCUT2D eigenvalue weighted by molar-refractivity contribution is 0.303. The maximum Gasteiger partial charge on any atom is 0.241 e. The van der Waals surface area contributed by atoms with Gasteiger partial charge in [0.2, 0.25) is 10.0 Å². The lowest BCUT2D eigenvalue weighted by atomic mass is 9.85. The largest absolute Gasteiger partial charge is 0.241 e. The van der Waals surface area contributed by atoms with E-state index >= 15 is 0 Å². The van der Waals surface area contributed by atoms with Gasteiger partial charge >= 0.3 is 0 Å². The van der Waals surface area contributed by atoms with Crippen molar-refractivity contribution in [1.29, 1.82) is 5.26 Å². The van der Waals surface area contributed by atoms with Crippen LogP contribution in [0.2, 0.25) is 0 Å². The van der Waals surface area contributed by atoms with E-state index in [-0.39, 0.29) is 10.9 Å². The average molecular weight is 342 g/mol. The highest BCUT2D eigenvalue weighted by molar-refractivity contribution is 7.89. The monoisotopic (exact) mass is 342 g/mol. The summed E-state index contributed by atoms with van der Waals surface area (Å²) < 4.78 is 28.7. The van der Waals surface area contributed by atoms with Crippen molar-refractivity contribution in [3.05, 3.63) is 42.0 Å². The Morgan fingerprint density at radius 3 is 2.42 bits per heavy atom. The Bertz CT molecular complexity index is 878. The van der Waals surface area contributed by atoms with Crippen molar-refractivity contribution < 1.29 is 8.42 Å². The van der Waals surface area contributed by atoms with Crippen molar-refractivity contribution in [3.8, 4) is 6.07 Å². The molecule has 0 amide bonds. The minimum atomic E-state index is -3.62. The van der Waals surface area contributed by atoms with Gasteiger partial charge in [0.1, 0.15) is 0 Å². The Morgan fingerprint density at radius 1 is 1.08 bits per heavy atom. The maximum absolute atomic E-state index is 12.9. The highest BCUT2D eigenvalue weighted by atomic mass is 32.2. The zero-order valence-electron chi connectivity index (χ0n) is 13.8. The lowest BCUT2D eigenvalue weighted by Crippen LogP contribution is -2.38. The quantitative estimate of drug-likeness (QED) is 0.914. The molecule has 0 radical (unpaired) electrons. The minimum Gasteiger partial charge on any atom is -0.208 e. The summed E-state index contributed by atoms with van der Waals surface area (Å²) in [6, 6.07) is 12.3. The van der Waals surface area contributed by atoms with Crippen LogP contribution in [0.25, 0.3) is 10.8 Å². The fraction of sp³-hybridized carbons (Fsp3) is 0.421. The molecule has 0 aromatic heterocycles. The molecule has 0 aliphatic heterocycles. The van der Waals surface area contributed by atoms with Gasteiger partial charge in [0, 0.05) is 16.8 Å². The fourth-order valence-corrected chi connectivity index (χ4v) is 5.17. The SMILES string of the molecule is CC(NS(=O)(=O)c1ccc(C#N)c2ccccc12)C1CCCCC1. The molecule has 24 heavy (non-hydrogen) atoms. The molecule has 1 saturated carbocycles. The summed E-state index contributed by atoms with van der Waals surface area (Å²) in [5, 5.41) is 10.5. The van der Waals surface area contributed by atoms with E-state index in [1.165, 1.54) is 25.3 Å². The molecule has 2 aromatic rings. The number of benzene rings is 2. The molecule has 1 N–H and O–H groups in total. The second-order valence-electron chi connectivity index (χ2n) is 6.58. The van der Waals surface area contributed by atoms with E-state index in [9.17, 15) is 13.7 Å². The molecule has 3 rings (SSSR count). The van der Waals surface area contributed by atoms with E-state index in [1.54, 1.807) is 24.3 Å². The first-order valence-corrected chi connectivity index (χ1v) is 9.95. The topological polar surface area (TPSA) is 70.0 Å². The molecule has 1 aliphatic rings. The van der Waals surface area contributed by atoms with Gasteiger partial charge in [-0.05, 0) is 37.8 Å². The number of hydrogen-bond donors (Lipinski definition) is 1. The van der Waals surface area contributed by atoms with Crippen LogP contribution in [-0.4, -0.2) is 14.5 Å². The number of rotatable bonds is 4. The molecule has 1 atom stereocenters. The van der Waals surface area contributed by atoms with Gasteiger partial charge in [0.25, 0.3) is 0 Å². The minimum absolute atomic E-state index is 0.0790. The van der Waals surface area contributed by atoms with Crippen LogP contribution in [-0.2, 0) is 10.0 Å². The predicted octanol–water partition coefficient (Wildman–Crippen LogP) is 3.96.